The summed E-state index contributed by atoms with van der Waals surface area (Å²) in [6.07, 6.45) is 0.240. The third-order valence-electron chi connectivity index (χ3n) is 4.10. The topological polar surface area (TPSA) is 58.6 Å². The van der Waals surface area contributed by atoms with Gasteiger partial charge >= 0.3 is 0 Å². The number of carbonyl (C=O) groups excluding carboxylic acids is 2. The molecule has 0 radical (unpaired) electrons. The van der Waals surface area contributed by atoms with Gasteiger partial charge in [0.05, 0.1) is 19.6 Å². The van der Waals surface area contributed by atoms with Gasteiger partial charge in [0.25, 0.3) is 5.91 Å². The van der Waals surface area contributed by atoms with Crippen LogP contribution in [-0.2, 0) is 22.5 Å². The molecule has 5 nitrogen and oxygen atoms in total. The average Bonchev–Trinajstić information content (AvgIpc) is 2.90. The van der Waals surface area contributed by atoms with Crippen molar-refractivity contribution >= 4 is 17.5 Å². The Labute approximate surface area is 145 Å². The van der Waals surface area contributed by atoms with Crippen LogP contribution in [0.3, 0.4) is 0 Å². The van der Waals surface area contributed by atoms with Crippen LogP contribution in [0.25, 0.3) is 0 Å². The van der Waals surface area contributed by atoms with Crippen molar-refractivity contribution in [1.29, 1.82) is 0 Å². The number of methoxy groups -OCH3 is 1. The van der Waals surface area contributed by atoms with Crippen molar-refractivity contribution in [3.8, 4) is 0 Å². The highest BCUT2D eigenvalue weighted by molar-refractivity contribution is 6.03. The second-order valence-electron chi connectivity index (χ2n) is 5.88. The number of fused-ring (bicyclic) bond motifs is 1. The van der Waals surface area contributed by atoms with E-state index < -0.39 is 0 Å². The number of amides is 2. The summed E-state index contributed by atoms with van der Waals surface area (Å²) in [7, 11) is 1.57. The predicted octanol–water partition coefficient (Wildman–Crippen LogP) is 2.29. The summed E-state index contributed by atoms with van der Waals surface area (Å²) in [5, 5.41) is 2.76. The quantitative estimate of drug-likeness (QED) is 0.820. The third kappa shape index (κ3) is 3.85. The molecule has 1 N–H and O–H groups in total. The number of carbonyl (C=O) groups is 2. The maximum Gasteiger partial charge on any atom is 0.251 e. The standard InChI is InChI=1S/C19H19FN2O3/c1-25-8-7-21-19(24)14-5-6-17-15(10-14)11-18(23)22(17)12-13-3-2-4-16(20)9-13/h2-6,9-10H,7-8,11-12H2,1H3,(H,21,24). The zero-order valence-corrected chi connectivity index (χ0v) is 13.9. The maximum atomic E-state index is 13.3. The van der Waals surface area contributed by atoms with Crippen molar-refractivity contribution in [1.82, 2.24) is 5.32 Å². The van der Waals surface area contributed by atoms with Crippen LogP contribution in [0.5, 0.6) is 0 Å². The molecule has 130 valence electrons. The lowest BCUT2D eigenvalue weighted by Crippen LogP contribution is -2.27. The minimum atomic E-state index is -0.326. The van der Waals surface area contributed by atoms with E-state index in [0.29, 0.717) is 25.3 Å². The van der Waals surface area contributed by atoms with Crippen LogP contribution in [-0.4, -0.2) is 32.1 Å². The van der Waals surface area contributed by atoms with Gasteiger partial charge < -0.3 is 15.0 Å². The molecule has 0 fully saturated rings. The fourth-order valence-corrected chi connectivity index (χ4v) is 2.88. The van der Waals surface area contributed by atoms with Crippen LogP contribution in [0.1, 0.15) is 21.5 Å². The highest BCUT2D eigenvalue weighted by Gasteiger charge is 2.28. The first-order chi connectivity index (χ1) is 12.1. The summed E-state index contributed by atoms with van der Waals surface area (Å²) in [6.45, 7) is 1.18. The molecule has 0 spiro atoms. The fourth-order valence-electron chi connectivity index (χ4n) is 2.88. The number of hydrogen-bond acceptors (Lipinski definition) is 3. The summed E-state index contributed by atoms with van der Waals surface area (Å²) in [4.78, 5) is 26.1. The first kappa shape index (κ1) is 17.1. The molecule has 0 aliphatic carbocycles. The summed E-state index contributed by atoms with van der Waals surface area (Å²) in [5.74, 6) is -0.584. The van der Waals surface area contributed by atoms with Crippen LogP contribution in [0.15, 0.2) is 42.5 Å². The largest absolute Gasteiger partial charge is 0.383 e. The predicted molar refractivity (Wildman–Crippen MR) is 91.9 cm³/mol. The van der Waals surface area contributed by atoms with Gasteiger partial charge in [0.2, 0.25) is 5.91 Å². The van der Waals surface area contributed by atoms with E-state index >= 15 is 0 Å². The molecule has 0 saturated carbocycles. The minimum Gasteiger partial charge on any atom is -0.383 e. The molecule has 1 heterocycles. The van der Waals surface area contributed by atoms with E-state index in [2.05, 4.69) is 5.32 Å². The SMILES string of the molecule is COCCNC(=O)c1ccc2c(c1)CC(=O)N2Cc1cccc(F)c1. The number of hydrogen-bond donors (Lipinski definition) is 1. The minimum absolute atomic E-state index is 0.0591. The van der Waals surface area contributed by atoms with E-state index in [1.165, 1.54) is 12.1 Å². The maximum absolute atomic E-state index is 13.3. The number of anilines is 1. The van der Waals surface area contributed by atoms with E-state index in [1.807, 2.05) is 0 Å². The Kier molecular flexibility index (Phi) is 5.09. The van der Waals surface area contributed by atoms with Gasteiger partial charge in [0.15, 0.2) is 0 Å². The van der Waals surface area contributed by atoms with E-state index in [1.54, 1.807) is 42.3 Å². The van der Waals surface area contributed by atoms with E-state index in [-0.39, 0.29) is 24.1 Å². The Bertz CT molecular complexity index is 807. The van der Waals surface area contributed by atoms with Gasteiger partial charge in [-0.15, -0.1) is 0 Å². The molecular formula is C19H19FN2O3. The van der Waals surface area contributed by atoms with Gasteiger partial charge in [-0.3, -0.25) is 9.59 Å². The first-order valence-corrected chi connectivity index (χ1v) is 8.03. The summed E-state index contributed by atoms with van der Waals surface area (Å²) >= 11 is 0. The van der Waals surface area contributed by atoms with Crippen molar-refractivity contribution in [2.24, 2.45) is 0 Å². The molecule has 1 aliphatic rings. The van der Waals surface area contributed by atoms with Crippen LogP contribution in [0.2, 0.25) is 0 Å². The van der Waals surface area contributed by atoms with E-state index in [9.17, 15) is 14.0 Å². The summed E-state index contributed by atoms with van der Waals surface area (Å²) in [6, 6.07) is 11.4. The Morgan fingerprint density at radius 1 is 1.28 bits per heavy atom. The number of nitrogens with one attached hydrogen (secondary N) is 1. The molecule has 2 aromatic carbocycles. The molecule has 0 atom stereocenters. The first-order valence-electron chi connectivity index (χ1n) is 8.03. The third-order valence-corrected chi connectivity index (χ3v) is 4.10. The lowest BCUT2D eigenvalue weighted by molar-refractivity contribution is -0.117. The van der Waals surface area contributed by atoms with Gasteiger partial charge in [-0.25, -0.2) is 4.39 Å². The Morgan fingerprint density at radius 3 is 2.88 bits per heavy atom. The molecule has 0 aromatic heterocycles. The lowest BCUT2D eigenvalue weighted by atomic mass is 10.1. The number of ether oxygens (including phenoxy) is 1. The fraction of sp³-hybridized carbons (Fsp3) is 0.263. The van der Waals surface area contributed by atoms with Crippen LogP contribution in [0, 0.1) is 5.82 Å². The lowest BCUT2D eigenvalue weighted by Gasteiger charge is -2.18. The second kappa shape index (κ2) is 7.44. The number of nitrogens with zero attached hydrogens (tertiary/aromatic N) is 1. The molecule has 3 rings (SSSR count). The van der Waals surface area contributed by atoms with Gasteiger partial charge in [-0.1, -0.05) is 12.1 Å². The van der Waals surface area contributed by atoms with Crippen LogP contribution >= 0.6 is 0 Å². The van der Waals surface area contributed by atoms with Gasteiger partial charge in [0.1, 0.15) is 5.82 Å². The molecular weight excluding hydrogens is 323 g/mol. The summed E-state index contributed by atoms with van der Waals surface area (Å²) in [5.41, 5.74) is 2.81. The zero-order valence-electron chi connectivity index (χ0n) is 13.9. The van der Waals surface area contributed by atoms with Crippen molar-refractivity contribution < 1.29 is 18.7 Å². The molecule has 6 heteroatoms. The van der Waals surface area contributed by atoms with Crippen molar-refractivity contribution in [2.75, 3.05) is 25.2 Å². The van der Waals surface area contributed by atoms with Crippen molar-refractivity contribution in [3.05, 3.63) is 65.0 Å². The molecule has 0 bridgehead atoms. The smallest absolute Gasteiger partial charge is 0.251 e. The summed E-state index contributed by atoms with van der Waals surface area (Å²) < 4.78 is 18.2. The second-order valence-corrected chi connectivity index (χ2v) is 5.88. The number of halogens is 1. The van der Waals surface area contributed by atoms with Crippen LogP contribution in [0.4, 0.5) is 10.1 Å². The molecule has 0 saturated heterocycles. The Balaban J connectivity index is 1.77. The van der Waals surface area contributed by atoms with E-state index in [4.69, 9.17) is 4.74 Å². The van der Waals surface area contributed by atoms with Crippen molar-refractivity contribution in [3.63, 3.8) is 0 Å². The molecule has 25 heavy (non-hydrogen) atoms. The van der Waals surface area contributed by atoms with Gasteiger partial charge in [-0.05, 0) is 41.5 Å². The average molecular weight is 342 g/mol. The molecule has 2 amide bonds. The van der Waals surface area contributed by atoms with Crippen molar-refractivity contribution in [2.45, 2.75) is 13.0 Å². The van der Waals surface area contributed by atoms with Gasteiger partial charge in [0, 0.05) is 24.9 Å². The van der Waals surface area contributed by atoms with Crippen LogP contribution < -0.4 is 10.2 Å². The molecule has 1 aliphatic heterocycles. The highest BCUT2D eigenvalue weighted by Crippen LogP contribution is 2.31. The van der Waals surface area contributed by atoms with Gasteiger partial charge in [-0.2, -0.15) is 0 Å². The Hall–Kier alpha value is -2.73. The Morgan fingerprint density at radius 2 is 2.12 bits per heavy atom. The zero-order chi connectivity index (χ0) is 17.8. The monoisotopic (exact) mass is 342 g/mol. The number of benzene rings is 2. The molecule has 0 unspecified atom stereocenters. The number of rotatable bonds is 6. The van der Waals surface area contributed by atoms with E-state index in [0.717, 1.165) is 16.8 Å². The normalized spacial score (nSPS) is 13.0. The molecule has 2 aromatic rings. The highest BCUT2D eigenvalue weighted by atomic mass is 19.1.